The molecule has 2 rings (SSSR count). The second-order valence-electron chi connectivity index (χ2n) is 6.27. The monoisotopic (exact) mass is 412 g/mol. The lowest BCUT2D eigenvalue weighted by atomic mass is 10.0. The molecule has 0 N–H and O–H groups in total. The molecule has 1 aromatic carbocycles. The zero-order valence-electron chi connectivity index (χ0n) is 17.0. The molecule has 0 aromatic heterocycles. The maximum Gasteiger partial charge on any atom is 0.150 e. The fraction of sp³-hybridized carbons (Fsp3) is 0.667. The van der Waals surface area contributed by atoms with E-state index in [2.05, 4.69) is 0 Å². The molecule has 0 saturated heterocycles. The van der Waals surface area contributed by atoms with Crippen molar-refractivity contribution in [2.75, 3.05) is 79.3 Å². The maximum absolute atomic E-state index is 11.6. The molecule has 8 heteroatoms. The van der Waals surface area contributed by atoms with E-state index in [4.69, 9.17) is 33.2 Å². The molecular formula is C21H32O8. The van der Waals surface area contributed by atoms with Gasteiger partial charge < -0.3 is 33.2 Å². The SMILES string of the molecule is O=Cc1c2cccc1COCCOCCOCCOCCOCCOCCOC2. The maximum atomic E-state index is 11.6. The van der Waals surface area contributed by atoms with Gasteiger partial charge in [-0.1, -0.05) is 18.2 Å². The Balaban J connectivity index is 1.79. The van der Waals surface area contributed by atoms with Gasteiger partial charge in [-0.2, -0.15) is 0 Å². The number of ether oxygens (including phenoxy) is 7. The van der Waals surface area contributed by atoms with Crippen molar-refractivity contribution in [1.29, 1.82) is 0 Å². The lowest BCUT2D eigenvalue weighted by Crippen LogP contribution is -2.15. The van der Waals surface area contributed by atoms with Crippen LogP contribution in [-0.2, 0) is 46.4 Å². The van der Waals surface area contributed by atoms with Crippen LogP contribution in [0.1, 0.15) is 21.5 Å². The van der Waals surface area contributed by atoms with Crippen LogP contribution < -0.4 is 0 Å². The molecule has 2 bridgehead atoms. The van der Waals surface area contributed by atoms with Gasteiger partial charge in [-0.25, -0.2) is 0 Å². The summed E-state index contributed by atoms with van der Waals surface area (Å²) in [6, 6.07) is 5.67. The molecule has 1 aromatic rings. The minimum atomic E-state index is 0.349. The largest absolute Gasteiger partial charge is 0.377 e. The number of hydrogen-bond donors (Lipinski definition) is 0. The van der Waals surface area contributed by atoms with E-state index >= 15 is 0 Å². The van der Waals surface area contributed by atoms with Gasteiger partial charge in [-0.15, -0.1) is 0 Å². The molecule has 1 aliphatic heterocycles. The third-order valence-corrected chi connectivity index (χ3v) is 4.15. The summed E-state index contributed by atoms with van der Waals surface area (Å²) >= 11 is 0. The summed E-state index contributed by atoms with van der Waals surface area (Å²) in [6.07, 6.45) is 0.854. The summed E-state index contributed by atoms with van der Waals surface area (Å²) in [5, 5.41) is 0. The van der Waals surface area contributed by atoms with Crippen molar-refractivity contribution in [1.82, 2.24) is 0 Å². The van der Waals surface area contributed by atoms with Gasteiger partial charge in [-0.05, 0) is 11.1 Å². The van der Waals surface area contributed by atoms with E-state index in [0.717, 1.165) is 17.4 Å². The first-order valence-electron chi connectivity index (χ1n) is 10.0. The number of hydrogen-bond acceptors (Lipinski definition) is 8. The quantitative estimate of drug-likeness (QED) is 0.644. The Hall–Kier alpha value is -1.39. The second kappa shape index (κ2) is 16.4. The van der Waals surface area contributed by atoms with Gasteiger partial charge in [0, 0.05) is 5.56 Å². The molecule has 1 heterocycles. The molecular weight excluding hydrogens is 380 g/mol. The van der Waals surface area contributed by atoms with E-state index in [1.165, 1.54) is 0 Å². The van der Waals surface area contributed by atoms with E-state index in [-0.39, 0.29) is 0 Å². The first kappa shape index (κ1) is 23.9. The van der Waals surface area contributed by atoms with Crippen molar-refractivity contribution < 1.29 is 38.0 Å². The molecule has 0 fully saturated rings. The van der Waals surface area contributed by atoms with Crippen LogP contribution in [0.3, 0.4) is 0 Å². The van der Waals surface area contributed by atoms with Gasteiger partial charge in [-0.3, -0.25) is 4.79 Å². The van der Waals surface area contributed by atoms with Crippen molar-refractivity contribution in [3.05, 3.63) is 34.9 Å². The first-order chi connectivity index (χ1) is 14.4. The minimum Gasteiger partial charge on any atom is -0.377 e. The third kappa shape index (κ3) is 10.8. The summed E-state index contributed by atoms with van der Waals surface area (Å²) in [6.45, 7) is 6.63. The summed E-state index contributed by atoms with van der Waals surface area (Å²) in [5.74, 6) is 0. The Labute approximate surface area is 172 Å². The molecule has 8 nitrogen and oxygen atoms in total. The Bertz CT molecular complexity index is 511. The Morgan fingerprint density at radius 2 is 0.828 bits per heavy atom. The normalized spacial score (nSPS) is 20.4. The number of carbonyl (C=O) groups excluding carboxylic acids is 1. The molecule has 0 unspecified atom stereocenters. The van der Waals surface area contributed by atoms with E-state index in [0.29, 0.717) is 98.1 Å². The second-order valence-corrected chi connectivity index (χ2v) is 6.27. The fourth-order valence-corrected chi connectivity index (χ4v) is 2.65. The molecule has 0 saturated carbocycles. The standard InChI is InChI=1S/C21H32O8/c22-16-21-19-2-1-3-20(21)18-29-15-13-27-11-9-25-7-5-23-4-6-24-8-10-26-12-14-28-17-19/h1-3,16H,4-15,17-18H2. The van der Waals surface area contributed by atoms with E-state index < -0.39 is 0 Å². The summed E-state index contributed by atoms with van der Waals surface area (Å²) in [7, 11) is 0. The van der Waals surface area contributed by atoms with E-state index in [1.54, 1.807) is 0 Å². The number of benzene rings is 1. The minimum absolute atomic E-state index is 0.349. The predicted molar refractivity (Wildman–Crippen MR) is 105 cm³/mol. The number of carbonyl (C=O) groups is 1. The fourth-order valence-electron chi connectivity index (χ4n) is 2.65. The van der Waals surface area contributed by atoms with Crippen molar-refractivity contribution >= 4 is 6.29 Å². The van der Waals surface area contributed by atoms with Gasteiger partial charge >= 0.3 is 0 Å². The lowest BCUT2D eigenvalue weighted by molar-refractivity contribution is -0.0221. The molecule has 0 spiro atoms. The van der Waals surface area contributed by atoms with E-state index in [9.17, 15) is 4.79 Å². The van der Waals surface area contributed by atoms with Crippen molar-refractivity contribution in [3.8, 4) is 0 Å². The summed E-state index contributed by atoms with van der Waals surface area (Å²) in [5.41, 5.74) is 2.30. The van der Waals surface area contributed by atoms with E-state index in [1.807, 2.05) is 18.2 Å². The van der Waals surface area contributed by atoms with Crippen LogP contribution in [0.5, 0.6) is 0 Å². The van der Waals surface area contributed by atoms with Crippen LogP contribution in [0.2, 0.25) is 0 Å². The average Bonchev–Trinajstić information content (AvgIpc) is 2.74. The average molecular weight is 412 g/mol. The number of fused-ring (bicyclic) bond motifs is 2. The molecule has 0 atom stereocenters. The number of rotatable bonds is 1. The molecule has 1 aliphatic rings. The molecule has 0 aliphatic carbocycles. The molecule has 0 radical (unpaired) electrons. The Morgan fingerprint density at radius 3 is 1.14 bits per heavy atom. The van der Waals surface area contributed by atoms with Crippen LogP contribution in [-0.4, -0.2) is 85.6 Å². The van der Waals surface area contributed by atoms with Crippen LogP contribution in [0.15, 0.2) is 18.2 Å². The van der Waals surface area contributed by atoms with Gasteiger partial charge in [0.25, 0.3) is 0 Å². The number of aldehydes is 1. The zero-order chi connectivity index (χ0) is 20.4. The summed E-state index contributed by atoms with van der Waals surface area (Å²) in [4.78, 5) is 11.6. The summed E-state index contributed by atoms with van der Waals surface area (Å²) < 4.78 is 38.5. The van der Waals surface area contributed by atoms with Gasteiger partial charge in [0.1, 0.15) is 0 Å². The highest BCUT2D eigenvalue weighted by atomic mass is 16.6. The predicted octanol–water partition coefficient (Wildman–Crippen LogP) is 1.63. The van der Waals surface area contributed by atoms with Crippen molar-refractivity contribution in [3.63, 3.8) is 0 Å². The van der Waals surface area contributed by atoms with Crippen LogP contribution in [0.4, 0.5) is 0 Å². The zero-order valence-corrected chi connectivity index (χ0v) is 17.0. The van der Waals surface area contributed by atoms with Crippen molar-refractivity contribution in [2.24, 2.45) is 0 Å². The van der Waals surface area contributed by atoms with Crippen molar-refractivity contribution in [2.45, 2.75) is 13.2 Å². The smallest absolute Gasteiger partial charge is 0.150 e. The van der Waals surface area contributed by atoms with Crippen LogP contribution in [0, 0.1) is 0 Å². The highest BCUT2D eigenvalue weighted by Gasteiger charge is 2.08. The van der Waals surface area contributed by atoms with Gasteiger partial charge in [0.2, 0.25) is 0 Å². The first-order valence-corrected chi connectivity index (χ1v) is 10.0. The van der Waals surface area contributed by atoms with Gasteiger partial charge in [0.05, 0.1) is 92.5 Å². The van der Waals surface area contributed by atoms with Crippen LogP contribution in [0.25, 0.3) is 0 Å². The molecule has 0 amide bonds. The molecule has 29 heavy (non-hydrogen) atoms. The highest BCUT2D eigenvalue weighted by molar-refractivity contribution is 5.79. The van der Waals surface area contributed by atoms with Crippen LogP contribution >= 0.6 is 0 Å². The highest BCUT2D eigenvalue weighted by Crippen LogP contribution is 2.15. The Kier molecular flexibility index (Phi) is 13.5. The van der Waals surface area contributed by atoms with Gasteiger partial charge in [0.15, 0.2) is 6.29 Å². The topological polar surface area (TPSA) is 81.7 Å². The lowest BCUT2D eigenvalue weighted by Gasteiger charge is -2.12. The Morgan fingerprint density at radius 1 is 0.517 bits per heavy atom. The molecule has 164 valence electrons. The third-order valence-electron chi connectivity index (χ3n) is 4.15.